The SMILES string of the molecule is COc1cc(B2OC(C)(C)C(C)(C)O2)ccc1CC(=O)NC1CC(F)(F)C1. The minimum absolute atomic E-state index is 0.0644. The Balaban J connectivity index is 1.67. The van der Waals surface area contributed by atoms with Crippen molar-refractivity contribution >= 4 is 18.5 Å². The molecule has 1 aliphatic carbocycles. The summed E-state index contributed by atoms with van der Waals surface area (Å²) in [4.78, 5) is 12.1. The fraction of sp³-hybridized carbons (Fsp3) is 0.632. The molecule has 1 saturated carbocycles. The second kappa shape index (κ2) is 6.74. The number of hydrogen-bond donors (Lipinski definition) is 1. The van der Waals surface area contributed by atoms with Crippen molar-refractivity contribution in [1.82, 2.24) is 5.32 Å². The van der Waals surface area contributed by atoms with Gasteiger partial charge in [-0.15, -0.1) is 0 Å². The number of nitrogens with one attached hydrogen (secondary N) is 1. The third-order valence-electron chi connectivity index (χ3n) is 5.64. The van der Waals surface area contributed by atoms with E-state index < -0.39 is 30.3 Å². The maximum absolute atomic E-state index is 12.9. The number of benzene rings is 1. The Morgan fingerprint density at radius 2 is 1.81 bits per heavy atom. The van der Waals surface area contributed by atoms with Crippen LogP contribution in [0.3, 0.4) is 0 Å². The first-order valence-electron chi connectivity index (χ1n) is 9.12. The fourth-order valence-electron chi connectivity index (χ4n) is 3.25. The van der Waals surface area contributed by atoms with Crippen LogP contribution in [0.25, 0.3) is 0 Å². The Morgan fingerprint density at radius 1 is 1.22 bits per heavy atom. The smallest absolute Gasteiger partial charge is 0.494 e. The lowest BCUT2D eigenvalue weighted by molar-refractivity contribution is -0.128. The average molecular weight is 381 g/mol. The lowest BCUT2D eigenvalue weighted by atomic mass is 9.78. The number of amides is 1. The number of ether oxygens (including phenoxy) is 1. The van der Waals surface area contributed by atoms with Gasteiger partial charge in [-0.05, 0) is 39.2 Å². The van der Waals surface area contributed by atoms with Gasteiger partial charge in [0.15, 0.2) is 0 Å². The molecule has 2 fully saturated rings. The van der Waals surface area contributed by atoms with Gasteiger partial charge in [0.25, 0.3) is 5.92 Å². The van der Waals surface area contributed by atoms with E-state index >= 15 is 0 Å². The first kappa shape index (κ1) is 20.1. The van der Waals surface area contributed by atoms with E-state index in [0.29, 0.717) is 11.3 Å². The predicted molar refractivity (Wildman–Crippen MR) is 98.5 cm³/mol. The Morgan fingerprint density at radius 3 is 2.33 bits per heavy atom. The van der Waals surface area contributed by atoms with E-state index in [1.807, 2.05) is 33.8 Å². The van der Waals surface area contributed by atoms with E-state index in [1.165, 1.54) is 7.11 Å². The summed E-state index contributed by atoms with van der Waals surface area (Å²) in [5.41, 5.74) is 0.581. The zero-order valence-electron chi connectivity index (χ0n) is 16.4. The second-order valence-corrected chi connectivity index (χ2v) is 8.36. The van der Waals surface area contributed by atoms with Crippen LogP contribution in [0, 0.1) is 0 Å². The molecule has 1 saturated heterocycles. The summed E-state index contributed by atoms with van der Waals surface area (Å²) in [6.45, 7) is 7.92. The Kier molecular flexibility index (Phi) is 5.01. The van der Waals surface area contributed by atoms with Crippen LogP contribution >= 0.6 is 0 Å². The quantitative estimate of drug-likeness (QED) is 0.797. The Hall–Kier alpha value is -1.67. The minimum atomic E-state index is -2.65. The van der Waals surface area contributed by atoms with Crippen molar-refractivity contribution in [2.24, 2.45) is 0 Å². The van der Waals surface area contributed by atoms with E-state index in [2.05, 4.69) is 5.32 Å². The van der Waals surface area contributed by atoms with Gasteiger partial charge >= 0.3 is 7.12 Å². The van der Waals surface area contributed by atoms with Crippen LogP contribution < -0.4 is 15.5 Å². The largest absolute Gasteiger partial charge is 0.496 e. The van der Waals surface area contributed by atoms with Gasteiger partial charge in [0, 0.05) is 24.4 Å². The van der Waals surface area contributed by atoms with Crippen molar-refractivity contribution in [3.05, 3.63) is 23.8 Å². The molecule has 2 aliphatic rings. The number of hydrogen-bond acceptors (Lipinski definition) is 4. The molecule has 3 rings (SSSR count). The highest BCUT2D eigenvalue weighted by molar-refractivity contribution is 6.62. The summed E-state index contributed by atoms with van der Waals surface area (Å²) in [6, 6.07) is 4.96. The van der Waals surface area contributed by atoms with E-state index in [-0.39, 0.29) is 25.2 Å². The Bertz CT molecular complexity index is 714. The lowest BCUT2D eigenvalue weighted by Crippen LogP contribution is -2.50. The molecule has 148 valence electrons. The van der Waals surface area contributed by atoms with Crippen molar-refractivity contribution < 1.29 is 27.6 Å². The van der Waals surface area contributed by atoms with Gasteiger partial charge in [-0.3, -0.25) is 4.79 Å². The van der Waals surface area contributed by atoms with Gasteiger partial charge in [-0.2, -0.15) is 0 Å². The molecule has 1 aliphatic heterocycles. The van der Waals surface area contributed by atoms with Crippen LogP contribution in [0.5, 0.6) is 5.75 Å². The van der Waals surface area contributed by atoms with Crippen LogP contribution in [0.1, 0.15) is 46.1 Å². The van der Waals surface area contributed by atoms with Crippen molar-refractivity contribution in [1.29, 1.82) is 0 Å². The van der Waals surface area contributed by atoms with E-state index in [1.54, 1.807) is 12.1 Å². The number of carbonyl (C=O) groups excluding carboxylic acids is 1. The molecule has 0 radical (unpaired) electrons. The molecule has 0 unspecified atom stereocenters. The van der Waals surface area contributed by atoms with Crippen LogP contribution in [-0.4, -0.2) is 43.3 Å². The zero-order chi connectivity index (χ0) is 20.0. The van der Waals surface area contributed by atoms with Gasteiger partial charge in [-0.25, -0.2) is 8.78 Å². The highest BCUT2D eigenvalue weighted by atomic mass is 19.3. The Labute approximate surface area is 158 Å². The molecular weight excluding hydrogens is 355 g/mol. The summed E-state index contributed by atoms with van der Waals surface area (Å²) >= 11 is 0. The van der Waals surface area contributed by atoms with Gasteiger partial charge in [0.05, 0.1) is 24.7 Å². The molecule has 8 heteroatoms. The van der Waals surface area contributed by atoms with Gasteiger partial charge in [-0.1, -0.05) is 12.1 Å². The normalized spacial score (nSPS) is 23.0. The first-order valence-corrected chi connectivity index (χ1v) is 9.12. The van der Waals surface area contributed by atoms with E-state index in [4.69, 9.17) is 14.0 Å². The van der Waals surface area contributed by atoms with Gasteiger partial charge in [0.1, 0.15) is 5.75 Å². The molecule has 1 heterocycles. The average Bonchev–Trinajstić information content (AvgIpc) is 2.74. The third kappa shape index (κ3) is 4.11. The maximum atomic E-state index is 12.9. The first-order chi connectivity index (χ1) is 12.4. The molecule has 27 heavy (non-hydrogen) atoms. The molecule has 0 bridgehead atoms. The molecule has 0 aromatic heterocycles. The maximum Gasteiger partial charge on any atom is 0.494 e. The zero-order valence-corrected chi connectivity index (χ0v) is 16.4. The van der Waals surface area contributed by atoms with Gasteiger partial charge < -0.3 is 19.4 Å². The van der Waals surface area contributed by atoms with Crippen molar-refractivity contribution in [2.45, 2.75) is 70.1 Å². The standard InChI is InChI=1S/C19H26BF2NO4/c1-17(2)18(3,4)27-20(26-17)13-7-6-12(15(9-13)25-5)8-16(24)23-14-10-19(21,22)11-14/h6-7,9,14H,8,10-11H2,1-5H3,(H,23,24). The highest BCUT2D eigenvalue weighted by Gasteiger charge is 2.51. The van der Waals surface area contributed by atoms with Crippen molar-refractivity contribution in [3.8, 4) is 5.75 Å². The van der Waals surface area contributed by atoms with E-state index in [9.17, 15) is 13.6 Å². The highest BCUT2D eigenvalue weighted by Crippen LogP contribution is 2.38. The number of methoxy groups -OCH3 is 1. The number of halogens is 2. The summed E-state index contributed by atoms with van der Waals surface area (Å²) in [5, 5.41) is 2.64. The van der Waals surface area contributed by atoms with Crippen LogP contribution in [0.4, 0.5) is 8.78 Å². The van der Waals surface area contributed by atoms with Crippen molar-refractivity contribution in [2.75, 3.05) is 7.11 Å². The molecule has 1 N–H and O–H groups in total. The van der Waals surface area contributed by atoms with Crippen LogP contribution in [0.15, 0.2) is 18.2 Å². The molecule has 5 nitrogen and oxygen atoms in total. The van der Waals surface area contributed by atoms with Gasteiger partial charge in [0.2, 0.25) is 5.91 Å². The minimum Gasteiger partial charge on any atom is -0.496 e. The number of alkyl halides is 2. The topological polar surface area (TPSA) is 56.8 Å². The molecule has 0 spiro atoms. The van der Waals surface area contributed by atoms with Crippen molar-refractivity contribution in [3.63, 3.8) is 0 Å². The van der Waals surface area contributed by atoms with Crippen LogP contribution in [0.2, 0.25) is 0 Å². The van der Waals surface area contributed by atoms with E-state index in [0.717, 1.165) is 5.46 Å². The monoisotopic (exact) mass is 381 g/mol. The summed E-state index contributed by atoms with van der Waals surface area (Å²) in [7, 11) is 1.00. The number of carbonyl (C=O) groups is 1. The number of rotatable bonds is 5. The molecular formula is C19H26BF2NO4. The molecule has 1 aromatic carbocycles. The second-order valence-electron chi connectivity index (χ2n) is 8.36. The molecule has 1 aromatic rings. The summed E-state index contributed by atoms with van der Waals surface area (Å²) < 4.78 is 43.3. The molecule has 0 atom stereocenters. The summed E-state index contributed by atoms with van der Waals surface area (Å²) in [6.07, 6.45) is -0.525. The predicted octanol–water partition coefficient (Wildman–Crippen LogP) is 2.45. The summed E-state index contributed by atoms with van der Waals surface area (Å²) in [5.74, 6) is -2.41. The lowest BCUT2D eigenvalue weighted by Gasteiger charge is -2.35. The third-order valence-corrected chi connectivity index (χ3v) is 5.64. The fourth-order valence-corrected chi connectivity index (χ4v) is 3.25. The van der Waals surface area contributed by atoms with Crippen LogP contribution in [-0.2, 0) is 20.5 Å². The molecule has 1 amide bonds.